The second-order valence-electron chi connectivity index (χ2n) is 8.56. The number of fused-ring (bicyclic) bond motifs is 2. The van der Waals surface area contributed by atoms with Crippen LogP contribution in [-0.2, 0) is 23.8 Å². The van der Waals surface area contributed by atoms with Crippen molar-refractivity contribution in [2.45, 2.75) is 38.0 Å². The predicted molar refractivity (Wildman–Crippen MR) is 124 cm³/mol. The molecular weight excluding hydrogens is 488 g/mol. The van der Waals surface area contributed by atoms with Gasteiger partial charge < -0.3 is 5.32 Å². The molecular formula is C24H19Cl2F3N4O. The van der Waals surface area contributed by atoms with Crippen molar-refractivity contribution < 1.29 is 18.0 Å². The lowest BCUT2D eigenvalue weighted by Crippen LogP contribution is -2.46. The summed E-state index contributed by atoms with van der Waals surface area (Å²) in [5.74, 6) is -1.18. The van der Waals surface area contributed by atoms with E-state index in [4.69, 9.17) is 23.2 Å². The number of halogens is 5. The minimum atomic E-state index is -4.65. The minimum absolute atomic E-state index is 0.0261. The van der Waals surface area contributed by atoms with Gasteiger partial charge in [-0.1, -0.05) is 53.5 Å². The average molecular weight is 507 g/mol. The van der Waals surface area contributed by atoms with E-state index < -0.39 is 23.8 Å². The van der Waals surface area contributed by atoms with Crippen molar-refractivity contribution in [1.29, 1.82) is 0 Å². The molecule has 0 saturated heterocycles. The summed E-state index contributed by atoms with van der Waals surface area (Å²) < 4.78 is 41.5. The number of carbonyl (C=O) groups excluding carboxylic acids is 1. The van der Waals surface area contributed by atoms with Crippen LogP contribution in [-0.4, -0.2) is 27.4 Å². The molecule has 2 aromatic carbocycles. The van der Waals surface area contributed by atoms with Gasteiger partial charge in [0.2, 0.25) is 5.91 Å². The predicted octanol–water partition coefficient (Wildman–Crippen LogP) is 5.80. The maximum Gasteiger partial charge on any atom is 0.435 e. The zero-order chi connectivity index (χ0) is 24.2. The molecule has 5 nitrogen and oxygen atoms in total. The highest BCUT2D eigenvalue weighted by atomic mass is 35.5. The van der Waals surface area contributed by atoms with E-state index in [0.717, 1.165) is 10.7 Å². The van der Waals surface area contributed by atoms with E-state index in [1.807, 2.05) is 24.3 Å². The molecule has 5 rings (SSSR count). The first-order chi connectivity index (χ1) is 16.1. The Morgan fingerprint density at radius 2 is 1.74 bits per heavy atom. The van der Waals surface area contributed by atoms with Gasteiger partial charge in [0.15, 0.2) is 11.5 Å². The number of aliphatic imine (C=N–C) groups is 1. The van der Waals surface area contributed by atoms with Gasteiger partial charge >= 0.3 is 6.18 Å². The molecule has 2 heterocycles. The van der Waals surface area contributed by atoms with Crippen LogP contribution in [0.15, 0.2) is 53.5 Å². The van der Waals surface area contributed by atoms with Crippen molar-refractivity contribution >= 4 is 40.6 Å². The lowest BCUT2D eigenvalue weighted by atomic mass is 9.87. The number of hydrogen-bond acceptors (Lipinski definition) is 3. The van der Waals surface area contributed by atoms with Crippen LogP contribution in [0.25, 0.3) is 0 Å². The lowest BCUT2D eigenvalue weighted by molar-refractivity contribution is -0.141. The van der Waals surface area contributed by atoms with Crippen LogP contribution >= 0.6 is 23.2 Å². The summed E-state index contributed by atoms with van der Waals surface area (Å²) in [6.45, 7) is 1.64. The summed E-state index contributed by atoms with van der Waals surface area (Å²) in [5.41, 5.74) is 2.18. The van der Waals surface area contributed by atoms with Gasteiger partial charge in [-0.15, -0.1) is 0 Å². The topological polar surface area (TPSA) is 59.3 Å². The molecule has 176 valence electrons. The number of aromatic nitrogens is 2. The van der Waals surface area contributed by atoms with Crippen LogP contribution in [0.4, 0.5) is 19.0 Å². The molecule has 2 unspecified atom stereocenters. The van der Waals surface area contributed by atoms with E-state index >= 15 is 0 Å². The summed E-state index contributed by atoms with van der Waals surface area (Å²) in [4.78, 5) is 17.9. The van der Waals surface area contributed by atoms with Crippen molar-refractivity contribution in [2.75, 3.05) is 0 Å². The summed E-state index contributed by atoms with van der Waals surface area (Å²) in [6.07, 6.45) is -3.27. The highest BCUT2D eigenvalue weighted by molar-refractivity contribution is 6.42. The zero-order valence-electron chi connectivity index (χ0n) is 17.9. The van der Waals surface area contributed by atoms with E-state index in [-0.39, 0.29) is 22.8 Å². The molecule has 0 saturated carbocycles. The van der Waals surface area contributed by atoms with Crippen molar-refractivity contribution in [3.8, 4) is 0 Å². The Labute approximate surface area is 203 Å². The van der Waals surface area contributed by atoms with Crippen molar-refractivity contribution in [2.24, 2.45) is 10.9 Å². The molecule has 34 heavy (non-hydrogen) atoms. The minimum Gasteiger partial charge on any atom is -0.352 e. The van der Waals surface area contributed by atoms with Crippen molar-refractivity contribution in [3.63, 3.8) is 0 Å². The van der Waals surface area contributed by atoms with E-state index in [2.05, 4.69) is 15.4 Å². The van der Waals surface area contributed by atoms with E-state index in [1.165, 1.54) is 11.1 Å². The van der Waals surface area contributed by atoms with Crippen molar-refractivity contribution in [3.05, 3.63) is 81.0 Å². The maximum atomic E-state index is 13.6. The van der Waals surface area contributed by atoms with Crippen LogP contribution in [0.3, 0.4) is 0 Å². The molecule has 2 aliphatic rings. The number of benzene rings is 2. The fourth-order valence-corrected chi connectivity index (χ4v) is 5.05. The van der Waals surface area contributed by atoms with E-state index in [0.29, 0.717) is 29.1 Å². The first-order valence-corrected chi connectivity index (χ1v) is 11.4. The third-order valence-electron chi connectivity index (χ3n) is 6.29. The Balaban J connectivity index is 1.52. The number of hydrogen-bond donors (Lipinski definition) is 1. The van der Waals surface area contributed by atoms with Gasteiger partial charge in [0.1, 0.15) is 5.92 Å². The second-order valence-corrected chi connectivity index (χ2v) is 9.38. The van der Waals surface area contributed by atoms with Crippen LogP contribution in [0, 0.1) is 5.92 Å². The Morgan fingerprint density at radius 3 is 2.35 bits per heavy atom. The lowest BCUT2D eigenvalue weighted by Gasteiger charge is -2.32. The number of nitrogens with one attached hydrogen (secondary N) is 1. The Bertz CT molecular complexity index is 1290. The fourth-order valence-electron chi connectivity index (χ4n) is 4.75. The number of nitrogens with zero attached hydrogens (tertiary/aromatic N) is 3. The van der Waals surface area contributed by atoms with Gasteiger partial charge in [-0.3, -0.25) is 4.79 Å². The smallest absolute Gasteiger partial charge is 0.352 e. The standard InChI is InChI=1S/C24H19Cl2F3N4O/c1-12-21(23(34)31-16-8-13-4-2-3-5-14(13)9-16)22(15-6-7-17(25)18(26)10-15)33-20(30-12)11-19(32-33)24(27,28)29/h2-7,10-11,16,21-22H,8-9H2,1H3,(H,31,34). The highest BCUT2D eigenvalue weighted by Gasteiger charge is 2.43. The largest absolute Gasteiger partial charge is 0.435 e. The third-order valence-corrected chi connectivity index (χ3v) is 7.03. The quantitative estimate of drug-likeness (QED) is 0.487. The normalized spacial score (nSPS) is 20.0. The first kappa shape index (κ1) is 22.9. The van der Waals surface area contributed by atoms with Gasteiger partial charge in [-0.2, -0.15) is 18.3 Å². The molecule has 1 aromatic heterocycles. The Morgan fingerprint density at radius 1 is 1.06 bits per heavy atom. The fraction of sp³-hybridized carbons (Fsp3) is 0.292. The van der Waals surface area contributed by atoms with E-state index in [1.54, 1.807) is 25.1 Å². The van der Waals surface area contributed by atoms with Crippen LogP contribution in [0.5, 0.6) is 0 Å². The van der Waals surface area contributed by atoms with Gasteiger partial charge in [0.05, 0.1) is 16.1 Å². The molecule has 1 amide bonds. The van der Waals surface area contributed by atoms with Crippen LogP contribution in [0.2, 0.25) is 10.0 Å². The number of carbonyl (C=O) groups is 1. The van der Waals surface area contributed by atoms with Gasteiger partial charge in [-0.05, 0) is 48.6 Å². The summed E-state index contributed by atoms with van der Waals surface area (Å²) in [6, 6.07) is 12.6. The highest BCUT2D eigenvalue weighted by Crippen LogP contribution is 2.41. The number of alkyl halides is 3. The van der Waals surface area contributed by atoms with Gasteiger partial charge in [-0.25, -0.2) is 9.67 Å². The van der Waals surface area contributed by atoms with Gasteiger partial charge in [0.25, 0.3) is 0 Å². The third kappa shape index (κ3) is 4.09. The average Bonchev–Trinajstić information content (AvgIpc) is 3.38. The van der Waals surface area contributed by atoms with Crippen molar-refractivity contribution in [1.82, 2.24) is 15.1 Å². The first-order valence-electron chi connectivity index (χ1n) is 10.7. The monoisotopic (exact) mass is 506 g/mol. The molecule has 0 bridgehead atoms. The number of rotatable bonds is 3. The second kappa shape index (κ2) is 8.43. The van der Waals surface area contributed by atoms with Crippen LogP contribution in [0.1, 0.15) is 35.3 Å². The molecule has 0 radical (unpaired) electrons. The molecule has 0 fully saturated rings. The Kier molecular flexibility index (Phi) is 5.68. The van der Waals surface area contributed by atoms with E-state index in [9.17, 15) is 18.0 Å². The molecule has 1 aliphatic carbocycles. The SMILES string of the molecule is CC1=Nc2cc(C(F)(F)F)nn2C(c2ccc(Cl)c(Cl)c2)C1C(=O)NC1Cc2ccccc2C1. The molecule has 3 aromatic rings. The van der Waals surface area contributed by atoms with Crippen LogP contribution < -0.4 is 5.32 Å². The molecule has 1 aliphatic heterocycles. The number of amides is 1. The molecule has 2 atom stereocenters. The summed E-state index contributed by atoms with van der Waals surface area (Å²) >= 11 is 12.3. The summed E-state index contributed by atoms with van der Waals surface area (Å²) in [5, 5.41) is 7.40. The molecule has 1 N–H and O–H groups in total. The zero-order valence-corrected chi connectivity index (χ0v) is 19.4. The summed E-state index contributed by atoms with van der Waals surface area (Å²) in [7, 11) is 0. The van der Waals surface area contributed by atoms with Gasteiger partial charge in [0, 0.05) is 17.8 Å². The Hall–Kier alpha value is -2.84. The maximum absolute atomic E-state index is 13.6. The molecule has 10 heteroatoms. The molecule has 0 spiro atoms.